The van der Waals surface area contributed by atoms with Gasteiger partial charge in [-0.2, -0.15) is 0 Å². The van der Waals surface area contributed by atoms with Gasteiger partial charge in [-0.25, -0.2) is 8.78 Å². The summed E-state index contributed by atoms with van der Waals surface area (Å²) in [5.74, 6) is -0.798. The smallest absolute Gasteiger partial charge is 0.124 e. The van der Waals surface area contributed by atoms with Crippen LogP contribution in [0.3, 0.4) is 0 Å². The molecule has 0 aromatic heterocycles. The zero-order valence-electron chi connectivity index (χ0n) is 8.52. The van der Waals surface area contributed by atoms with Crippen LogP contribution in [0.5, 0.6) is 0 Å². The van der Waals surface area contributed by atoms with Crippen LogP contribution >= 0.6 is 11.6 Å². The summed E-state index contributed by atoms with van der Waals surface area (Å²) in [5, 5.41) is 0.266. The lowest BCUT2D eigenvalue weighted by Crippen LogP contribution is -1.87. The highest BCUT2D eigenvalue weighted by Gasteiger charge is 2.08. The van der Waals surface area contributed by atoms with Gasteiger partial charge in [0, 0.05) is 5.56 Å². The van der Waals surface area contributed by atoms with E-state index in [0.717, 1.165) is 5.56 Å². The van der Waals surface area contributed by atoms with Crippen LogP contribution < -0.4 is 0 Å². The number of aryl methyl sites for hydroxylation is 1. The quantitative estimate of drug-likeness (QED) is 0.690. The molecule has 0 aliphatic heterocycles. The molecule has 0 fully saturated rings. The van der Waals surface area contributed by atoms with E-state index < -0.39 is 5.82 Å². The SMILES string of the molecule is Cc1[c]cc(F)cc1-c1ccc(F)cc1Cl. The molecule has 0 atom stereocenters. The molecule has 0 amide bonds. The molecule has 0 unspecified atom stereocenters. The minimum Gasteiger partial charge on any atom is -0.207 e. The third-order valence-electron chi connectivity index (χ3n) is 2.33. The molecule has 0 N–H and O–H groups in total. The predicted octanol–water partition coefficient (Wildman–Crippen LogP) is 4.39. The van der Waals surface area contributed by atoms with Crippen molar-refractivity contribution in [3.63, 3.8) is 0 Å². The molecule has 16 heavy (non-hydrogen) atoms. The first-order valence-electron chi connectivity index (χ1n) is 4.71. The van der Waals surface area contributed by atoms with Crippen LogP contribution in [-0.2, 0) is 0 Å². The maximum atomic E-state index is 13.1. The Morgan fingerprint density at radius 3 is 2.50 bits per heavy atom. The lowest BCUT2D eigenvalue weighted by Gasteiger charge is -2.07. The van der Waals surface area contributed by atoms with Gasteiger partial charge in [0.05, 0.1) is 5.02 Å². The first kappa shape index (κ1) is 11.1. The van der Waals surface area contributed by atoms with Crippen LogP contribution in [0, 0.1) is 24.6 Å². The van der Waals surface area contributed by atoms with Crippen molar-refractivity contribution in [3.05, 3.63) is 58.6 Å². The molecule has 0 bridgehead atoms. The molecule has 0 nitrogen and oxygen atoms in total. The van der Waals surface area contributed by atoms with Gasteiger partial charge in [0.15, 0.2) is 0 Å². The Morgan fingerprint density at radius 1 is 1.06 bits per heavy atom. The van der Waals surface area contributed by atoms with E-state index in [4.69, 9.17) is 11.6 Å². The van der Waals surface area contributed by atoms with Gasteiger partial charge in [-0.3, -0.25) is 0 Å². The largest absolute Gasteiger partial charge is 0.207 e. The topological polar surface area (TPSA) is 0 Å². The molecular weight excluding hydrogens is 230 g/mol. The van der Waals surface area contributed by atoms with Gasteiger partial charge in [0.25, 0.3) is 0 Å². The summed E-state index contributed by atoms with van der Waals surface area (Å²) in [4.78, 5) is 0. The van der Waals surface area contributed by atoms with E-state index in [1.165, 1.54) is 30.3 Å². The lowest BCUT2D eigenvalue weighted by molar-refractivity contribution is 0.627. The Labute approximate surface area is 97.5 Å². The first-order valence-corrected chi connectivity index (χ1v) is 5.09. The summed E-state index contributed by atoms with van der Waals surface area (Å²) in [6.07, 6.45) is 0. The van der Waals surface area contributed by atoms with Crippen molar-refractivity contribution < 1.29 is 8.78 Å². The second-order valence-electron chi connectivity index (χ2n) is 3.48. The predicted molar refractivity (Wildman–Crippen MR) is 60.4 cm³/mol. The first-order chi connectivity index (χ1) is 7.58. The third-order valence-corrected chi connectivity index (χ3v) is 2.65. The van der Waals surface area contributed by atoms with Crippen molar-refractivity contribution in [2.45, 2.75) is 6.92 Å². The summed E-state index contributed by atoms with van der Waals surface area (Å²) in [5.41, 5.74) is 2.01. The zero-order chi connectivity index (χ0) is 11.7. The van der Waals surface area contributed by atoms with Crippen molar-refractivity contribution in [1.82, 2.24) is 0 Å². The fraction of sp³-hybridized carbons (Fsp3) is 0.0769. The summed E-state index contributed by atoms with van der Waals surface area (Å²) in [6, 6.07) is 9.45. The number of hydrogen-bond acceptors (Lipinski definition) is 0. The highest BCUT2D eigenvalue weighted by Crippen LogP contribution is 2.31. The van der Waals surface area contributed by atoms with Gasteiger partial charge in [-0.05, 0) is 54.4 Å². The molecular formula is C13H8ClF2. The molecule has 0 saturated heterocycles. The molecule has 2 aromatic carbocycles. The van der Waals surface area contributed by atoms with Crippen LogP contribution in [0.1, 0.15) is 5.56 Å². The number of benzene rings is 2. The van der Waals surface area contributed by atoms with Gasteiger partial charge in [-0.1, -0.05) is 11.6 Å². The van der Waals surface area contributed by atoms with Gasteiger partial charge < -0.3 is 0 Å². The number of hydrogen-bond donors (Lipinski definition) is 0. The minimum atomic E-state index is -0.410. The van der Waals surface area contributed by atoms with E-state index in [1.807, 2.05) is 0 Å². The monoisotopic (exact) mass is 237 g/mol. The van der Waals surface area contributed by atoms with Crippen molar-refractivity contribution in [2.75, 3.05) is 0 Å². The highest BCUT2D eigenvalue weighted by molar-refractivity contribution is 6.33. The van der Waals surface area contributed by atoms with Crippen LogP contribution in [-0.4, -0.2) is 0 Å². The Kier molecular flexibility index (Phi) is 2.92. The maximum Gasteiger partial charge on any atom is 0.124 e. The van der Waals surface area contributed by atoms with E-state index in [-0.39, 0.29) is 10.8 Å². The summed E-state index contributed by atoms with van der Waals surface area (Å²) < 4.78 is 26.0. The van der Waals surface area contributed by atoms with Crippen LogP contribution in [0.2, 0.25) is 5.02 Å². The van der Waals surface area contributed by atoms with Crippen molar-refractivity contribution in [3.8, 4) is 11.1 Å². The molecule has 0 aliphatic rings. The van der Waals surface area contributed by atoms with E-state index in [2.05, 4.69) is 6.07 Å². The molecule has 2 rings (SSSR count). The average molecular weight is 238 g/mol. The Morgan fingerprint density at radius 2 is 1.81 bits per heavy atom. The number of rotatable bonds is 1. The van der Waals surface area contributed by atoms with Gasteiger partial charge in [-0.15, -0.1) is 0 Å². The Bertz CT molecular complexity index is 535. The molecule has 1 radical (unpaired) electrons. The Hall–Kier alpha value is -1.41. The van der Waals surface area contributed by atoms with Crippen molar-refractivity contribution >= 4 is 11.6 Å². The second-order valence-corrected chi connectivity index (χ2v) is 3.89. The molecule has 81 valence electrons. The van der Waals surface area contributed by atoms with Gasteiger partial charge >= 0.3 is 0 Å². The lowest BCUT2D eigenvalue weighted by atomic mass is 10.0. The maximum absolute atomic E-state index is 13.1. The second kappa shape index (κ2) is 4.22. The molecule has 0 aliphatic carbocycles. The normalized spacial score (nSPS) is 10.5. The molecule has 0 saturated carbocycles. The fourth-order valence-corrected chi connectivity index (χ4v) is 1.80. The van der Waals surface area contributed by atoms with Crippen LogP contribution in [0.15, 0.2) is 30.3 Å². The summed E-state index contributed by atoms with van der Waals surface area (Å²) >= 11 is 5.91. The van der Waals surface area contributed by atoms with E-state index in [9.17, 15) is 8.78 Å². The van der Waals surface area contributed by atoms with Crippen LogP contribution in [0.4, 0.5) is 8.78 Å². The van der Waals surface area contributed by atoms with Crippen molar-refractivity contribution in [1.29, 1.82) is 0 Å². The number of halogens is 3. The van der Waals surface area contributed by atoms with Crippen LogP contribution in [0.25, 0.3) is 11.1 Å². The van der Waals surface area contributed by atoms with Crippen molar-refractivity contribution in [2.24, 2.45) is 0 Å². The standard InChI is InChI=1S/C13H8ClF2/c1-8-2-3-9(15)6-12(8)11-5-4-10(16)7-13(11)14/h3-7H,1H3. The summed E-state index contributed by atoms with van der Waals surface area (Å²) in [6.45, 7) is 1.80. The molecule has 0 heterocycles. The van der Waals surface area contributed by atoms with E-state index in [0.29, 0.717) is 11.1 Å². The highest BCUT2D eigenvalue weighted by atomic mass is 35.5. The minimum absolute atomic E-state index is 0.266. The zero-order valence-corrected chi connectivity index (χ0v) is 9.28. The average Bonchev–Trinajstić information content (AvgIpc) is 2.22. The fourth-order valence-electron chi connectivity index (χ4n) is 1.53. The molecule has 0 spiro atoms. The van der Waals surface area contributed by atoms with E-state index >= 15 is 0 Å². The third kappa shape index (κ3) is 2.07. The molecule has 3 heteroatoms. The van der Waals surface area contributed by atoms with Gasteiger partial charge in [0.1, 0.15) is 11.6 Å². The molecule has 2 aromatic rings. The summed E-state index contributed by atoms with van der Waals surface area (Å²) in [7, 11) is 0. The van der Waals surface area contributed by atoms with E-state index in [1.54, 1.807) is 6.92 Å². The van der Waals surface area contributed by atoms with Gasteiger partial charge in [0.2, 0.25) is 0 Å². The Balaban J connectivity index is 2.62.